The van der Waals surface area contributed by atoms with Gasteiger partial charge in [-0.15, -0.1) is 0 Å². The number of nitro groups is 1. The van der Waals surface area contributed by atoms with Crippen molar-refractivity contribution in [3.8, 4) is 0 Å². The molecule has 2 aromatic carbocycles. The first-order valence-electron chi connectivity index (χ1n) is 9.00. The molecule has 0 aromatic heterocycles. The maximum absolute atomic E-state index is 13.1. The van der Waals surface area contributed by atoms with Crippen LogP contribution >= 0.6 is 0 Å². The number of carbonyl (C=O) groups excluding carboxylic acids is 1. The maximum atomic E-state index is 13.1. The molecule has 0 N–H and O–H groups in total. The normalized spacial score (nSPS) is 15.7. The largest absolute Gasteiger partial charge is 0.337 e. The topological polar surface area (TPSA) is 101 Å². The molecule has 154 valence electrons. The standard InChI is InChI=1S/C19H20FN3O5S/c1-14-13-17(23(25)26)7-8-18(14)29(27,28)22-10-2-9-21(11-12-22)19(24)15-3-5-16(20)6-4-15/h3-8,13H,2,9-12H2,1H3. The van der Waals surface area contributed by atoms with Crippen molar-refractivity contribution in [2.75, 3.05) is 26.2 Å². The monoisotopic (exact) mass is 421 g/mol. The lowest BCUT2D eigenvalue weighted by Crippen LogP contribution is -2.37. The fourth-order valence-corrected chi connectivity index (χ4v) is 4.96. The lowest BCUT2D eigenvalue weighted by molar-refractivity contribution is -0.385. The van der Waals surface area contributed by atoms with E-state index in [0.29, 0.717) is 24.1 Å². The number of amides is 1. The zero-order valence-electron chi connectivity index (χ0n) is 15.7. The van der Waals surface area contributed by atoms with Crippen LogP contribution in [-0.4, -0.2) is 54.6 Å². The van der Waals surface area contributed by atoms with Crippen LogP contribution in [0.3, 0.4) is 0 Å². The Morgan fingerprint density at radius 3 is 2.38 bits per heavy atom. The molecule has 10 heteroatoms. The van der Waals surface area contributed by atoms with Crippen molar-refractivity contribution in [2.24, 2.45) is 0 Å². The third-order valence-corrected chi connectivity index (χ3v) is 6.88. The molecule has 8 nitrogen and oxygen atoms in total. The molecule has 1 amide bonds. The van der Waals surface area contributed by atoms with Crippen molar-refractivity contribution in [2.45, 2.75) is 18.2 Å². The van der Waals surface area contributed by atoms with E-state index in [0.717, 1.165) is 0 Å². The first-order valence-corrected chi connectivity index (χ1v) is 10.4. The van der Waals surface area contributed by atoms with Crippen molar-refractivity contribution in [3.63, 3.8) is 0 Å². The smallest absolute Gasteiger partial charge is 0.269 e. The number of hydrogen-bond acceptors (Lipinski definition) is 5. The fraction of sp³-hybridized carbons (Fsp3) is 0.316. The molecule has 1 heterocycles. The highest BCUT2D eigenvalue weighted by Gasteiger charge is 2.30. The minimum Gasteiger partial charge on any atom is -0.337 e. The van der Waals surface area contributed by atoms with Crippen LogP contribution in [0.1, 0.15) is 22.3 Å². The van der Waals surface area contributed by atoms with E-state index in [1.54, 1.807) is 4.90 Å². The molecule has 0 unspecified atom stereocenters. The predicted octanol–water partition coefficient (Wildman–Crippen LogP) is 2.58. The quantitative estimate of drug-likeness (QED) is 0.558. The second-order valence-electron chi connectivity index (χ2n) is 6.76. The summed E-state index contributed by atoms with van der Waals surface area (Å²) in [5.41, 5.74) is 0.463. The predicted molar refractivity (Wildman–Crippen MR) is 104 cm³/mol. The highest BCUT2D eigenvalue weighted by molar-refractivity contribution is 7.89. The summed E-state index contributed by atoms with van der Waals surface area (Å²) in [5.74, 6) is -0.719. The van der Waals surface area contributed by atoms with E-state index in [1.165, 1.54) is 53.7 Å². The number of aryl methyl sites for hydroxylation is 1. The molecule has 1 fully saturated rings. The summed E-state index contributed by atoms with van der Waals surface area (Å²) >= 11 is 0. The number of nitro benzene ring substituents is 1. The van der Waals surface area contributed by atoms with Gasteiger partial charge in [0.05, 0.1) is 9.82 Å². The molecular weight excluding hydrogens is 401 g/mol. The second kappa shape index (κ2) is 8.26. The van der Waals surface area contributed by atoms with E-state index in [-0.39, 0.29) is 36.1 Å². The number of non-ortho nitro benzene ring substituents is 1. The van der Waals surface area contributed by atoms with E-state index >= 15 is 0 Å². The summed E-state index contributed by atoms with van der Waals surface area (Å²) in [6, 6.07) is 8.86. The van der Waals surface area contributed by atoms with Gasteiger partial charge in [-0.2, -0.15) is 4.31 Å². The van der Waals surface area contributed by atoms with Crippen LogP contribution in [-0.2, 0) is 10.0 Å². The molecule has 0 aliphatic carbocycles. The van der Waals surface area contributed by atoms with Gasteiger partial charge in [-0.25, -0.2) is 12.8 Å². The van der Waals surface area contributed by atoms with Gasteiger partial charge in [0.15, 0.2) is 0 Å². The van der Waals surface area contributed by atoms with Gasteiger partial charge < -0.3 is 4.90 Å². The van der Waals surface area contributed by atoms with Gasteiger partial charge in [0.2, 0.25) is 10.0 Å². The van der Waals surface area contributed by atoms with Crippen molar-refractivity contribution < 1.29 is 22.5 Å². The number of nitrogens with zero attached hydrogens (tertiary/aromatic N) is 3. The van der Waals surface area contributed by atoms with Crippen LogP contribution in [0.15, 0.2) is 47.4 Å². The lowest BCUT2D eigenvalue weighted by atomic mass is 10.2. The summed E-state index contributed by atoms with van der Waals surface area (Å²) in [4.78, 5) is 24.5. The van der Waals surface area contributed by atoms with Crippen molar-refractivity contribution in [1.82, 2.24) is 9.21 Å². The minimum absolute atomic E-state index is 0.0152. The molecule has 1 aliphatic heterocycles. The highest BCUT2D eigenvalue weighted by Crippen LogP contribution is 2.25. The summed E-state index contributed by atoms with van der Waals surface area (Å²) in [5, 5.41) is 10.9. The van der Waals surface area contributed by atoms with E-state index in [1.807, 2.05) is 0 Å². The third kappa shape index (κ3) is 4.43. The summed E-state index contributed by atoms with van der Waals surface area (Å²) in [7, 11) is -3.85. The van der Waals surface area contributed by atoms with Crippen molar-refractivity contribution in [3.05, 3.63) is 69.5 Å². The Labute approximate surface area is 167 Å². The number of hydrogen-bond donors (Lipinski definition) is 0. The summed E-state index contributed by atoms with van der Waals surface area (Å²) in [6.07, 6.45) is 0.443. The molecule has 3 rings (SSSR count). The van der Waals surface area contributed by atoms with Gasteiger partial charge in [0.25, 0.3) is 11.6 Å². The first-order chi connectivity index (χ1) is 13.7. The molecule has 0 radical (unpaired) electrons. The van der Waals surface area contributed by atoms with Crippen LogP contribution < -0.4 is 0 Å². The SMILES string of the molecule is Cc1cc([N+](=O)[O-])ccc1S(=O)(=O)N1CCCN(C(=O)c2ccc(F)cc2)CC1. The highest BCUT2D eigenvalue weighted by atomic mass is 32.2. The number of carbonyl (C=O) groups is 1. The molecule has 29 heavy (non-hydrogen) atoms. The average Bonchev–Trinajstić information content (AvgIpc) is 2.94. The number of rotatable bonds is 4. The Balaban J connectivity index is 1.77. The van der Waals surface area contributed by atoms with Gasteiger partial charge in [-0.1, -0.05) is 0 Å². The van der Waals surface area contributed by atoms with Crippen molar-refractivity contribution >= 4 is 21.6 Å². The lowest BCUT2D eigenvalue weighted by Gasteiger charge is -2.22. The zero-order chi connectivity index (χ0) is 21.2. The Hall–Kier alpha value is -2.85. The molecule has 0 saturated carbocycles. The Bertz CT molecular complexity index is 1040. The van der Waals surface area contributed by atoms with Gasteiger partial charge >= 0.3 is 0 Å². The van der Waals surface area contributed by atoms with Gasteiger partial charge in [-0.05, 0) is 49.2 Å². The van der Waals surface area contributed by atoms with Crippen LogP contribution in [0.4, 0.5) is 10.1 Å². The van der Waals surface area contributed by atoms with E-state index < -0.39 is 20.8 Å². The van der Waals surface area contributed by atoms with Crippen LogP contribution in [0.2, 0.25) is 0 Å². The Morgan fingerprint density at radius 2 is 1.76 bits per heavy atom. The van der Waals surface area contributed by atoms with Gasteiger partial charge in [0.1, 0.15) is 5.82 Å². The summed E-state index contributed by atoms with van der Waals surface area (Å²) in [6.45, 7) is 2.42. The van der Waals surface area contributed by atoms with Crippen LogP contribution in [0.5, 0.6) is 0 Å². The molecule has 0 atom stereocenters. The van der Waals surface area contributed by atoms with E-state index in [9.17, 15) is 27.7 Å². The Kier molecular flexibility index (Phi) is 5.94. The average molecular weight is 421 g/mol. The van der Waals surface area contributed by atoms with E-state index in [4.69, 9.17) is 0 Å². The molecule has 1 saturated heterocycles. The van der Waals surface area contributed by atoms with Crippen molar-refractivity contribution in [1.29, 1.82) is 0 Å². The molecule has 0 bridgehead atoms. The minimum atomic E-state index is -3.85. The number of halogens is 1. The first kappa shape index (κ1) is 20.9. The fourth-order valence-electron chi connectivity index (χ4n) is 3.29. The Morgan fingerprint density at radius 1 is 1.07 bits per heavy atom. The molecular formula is C19H20FN3O5S. The molecule has 2 aromatic rings. The van der Waals surface area contributed by atoms with Crippen LogP contribution in [0.25, 0.3) is 0 Å². The summed E-state index contributed by atoms with van der Waals surface area (Å²) < 4.78 is 40.4. The molecule has 0 spiro atoms. The molecule has 1 aliphatic rings. The van der Waals surface area contributed by atoms with Crippen LogP contribution in [0, 0.1) is 22.9 Å². The third-order valence-electron chi connectivity index (χ3n) is 4.82. The van der Waals surface area contributed by atoms with Gasteiger partial charge in [0, 0.05) is 43.9 Å². The van der Waals surface area contributed by atoms with Gasteiger partial charge in [-0.3, -0.25) is 14.9 Å². The number of benzene rings is 2. The van der Waals surface area contributed by atoms with E-state index in [2.05, 4.69) is 0 Å². The zero-order valence-corrected chi connectivity index (χ0v) is 16.6. The second-order valence-corrected chi connectivity index (χ2v) is 8.67. The maximum Gasteiger partial charge on any atom is 0.269 e. The number of sulfonamides is 1.